The minimum atomic E-state index is -4.57. The minimum absolute atomic E-state index is 0.0700. The fraction of sp³-hybridized carbons (Fsp3) is 0.316. The van der Waals surface area contributed by atoms with E-state index in [1.165, 1.54) is 12.1 Å². The van der Waals surface area contributed by atoms with Gasteiger partial charge in [-0.1, -0.05) is 25.1 Å². The molecule has 0 aliphatic rings. The maximum atomic E-state index is 13.3. The van der Waals surface area contributed by atoms with Crippen molar-refractivity contribution in [1.29, 1.82) is 0 Å². The molecule has 0 saturated heterocycles. The van der Waals surface area contributed by atoms with Crippen LogP contribution in [0.5, 0.6) is 5.75 Å². The number of hydroxylamine groups is 1. The summed E-state index contributed by atoms with van der Waals surface area (Å²) in [5.74, 6) is -0.323. The maximum Gasteiger partial charge on any atom is 0.438 e. The van der Waals surface area contributed by atoms with Gasteiger partial charge in [-0.3, -0.25) is 5.21 Å². The van der Waals surface area contributed by atoms with E-state index in [-0.39, 0.29) is 23.1 Å². The van der Waals surface area contributed by atoms with Gasteiger partial charge in [0.05, 0.1) is 18.4 Å². The fourth-order valence-corrected chi connectivity index (χ4v) is 2.55. The summed E-state index contributed by atoms with van der Waals surface area (Å²) in [4.78, 5) is 11.6. The highest BCUT2D eigenvalue weighted by Gasteiger charge is 2.34. The molecule has 0 spiro atoms. The SMILES string of the molecule is CCc1ccc(OCc2c(C)cccc2N(O)C(=O)OC)c(C(F)(F)F)c1. The third-order valence-corrected chi connectivity index (χ3v) is 4.09. The van der Waals surface area contributed by atoms with Crippen LogP contribution in [0.15, 0.2) is 36.4 Å². The maximum absolute atomic E-state index is 13.3. The number of benzene rings is 2. The number of amides is 1. The Kier molecular flexibility index (Phi) is 6.32. The van der Waals surface area contributed by atoms with Crippen molar-refractivity contribution in [1.82, 2.24) is 0 Å². The zero-order valence-corrected chi connectivity index (χ0v) is 15.1. The highest BCUT2D eigenvalue weighted by Crippen LogP contribution is 2.37. The molecule has 2 aromatic carbocycles. The number of hydrogen-bond donors (Lipinski definition) is 1. The first-order valence-corrected chi connectivity index (χ1v) is 8.17. The Bertz CT molecular complexity index is 821. The lowest BCUT2D eigenvalue weighted by Gasteiger charge is -2.20. The number of rotatable bonds is 5. The predicted molar refractivity (Wildman–Crippen MR) is 93.0 cm³/mol. The number of nitrogens with zero attached hydrogens (tertiary/aromatic N) is 1. The van der Waals surface area contributed by atoms with Crippen LogP contribution in [0.4, 0.5) is 23.7 Å². The van der Waals surface area contributed by atoms with Crippen LogP contribution in [0.3, 0.4) is 0 Å². The average molecular weight is 383 g/mol. The van der Waals surface area contributed by atoms with E-state index in [4.69, 9.17) is 4.74 Å². The monoisotopic (exact) mass is 383 g/mol. The Morgan fingerprint density at radius 3 is 2.52 bits per heavy atom. The van der Waals surface area contributed by atoms with Gasteiger partial charge in [0.1, 0.15) is 12.4 Å². The predicted octanol–water partition coefficient (Wildman–Crippen LogP) is 5.12. The molecule has 2 rings (SSSR count). The van der Waals surface area contributed by atoms with Gasteiger partial charge in [-0.15, -0.1) is 0 Å². The summed E-state index contributed by atoms with van der Waals surface area (Å²) in [7, 11) is 1.10. The molecule has 27 heavy (non-hydrogen) atoms. The molecule has 5 nitrogen and oxygen atoms in total. The molecule has 146 valence electrons. The highest BCUT2D eigenvalue weighted by atomic mass is 19.4. The number of methoxy groups -OCH3 is 1. The Hall–Kier alpha value is -2.74. The first-order chi connectivity index (χ1) is 12.7. The number of anilines is 1. The Morgan fingerprint density at radius 2 is 1.93 bits per heavy atom. The molecule has 0 bridgehead atoms. The van der Waals surface area contributed by atoms with E-state index in [1.54, 1.807) is 32.0 Å². The average Bonchev–Trinajstić information content (AvgIpc) is 2.64. The molecule has 0 atom stereocenters. The van der Waals surface area contributed by atoms with E-state index < -0.39 is 17.8 Å². The minimum Gasteiger partial charge on any atom is -0.488 e. The third-order valence-electron chi connectivity index (χ3n) is 4.09. The Morgan fingerprint density at radius 1 is 1.22 bits per heavy atom. The van der Waals surface area contributed by atoms with Crippen molar-refractivity contribution < 1.29 is 32.6 Å². The largest absolute Gasteiger partial charge is 0.488 e. The summed E-state index contributed by atoms with van der Waals surface area (Å²) in [6, 6.07) is 8.62. The molecule has 0 fully saturated rings. The number of aryl methyl sites for hydroxylation is 2. The molecule has 1 amide bonds. The Labute approximate surface area is 154 Å². The molecular formula is C19H20F3NO4. The van der Waals surface area contributed by atoms with E-state index >= 15 is 0 Å². The van der Waals surface area contributed by atoms with Gasteiger partial charge in [-0.2, -0.15) is 18.2 Å². The van der Waals surface area contributed by atoms with E-state index in [9.17, 15) is 23.2 Å². The number of halogens is 3. The molecule has 0 aromatic heterocycles. The van der Waals surface area contributed by atoms with Crippen LogP contribution in [0.25, 0.3) is 0 Å². The lowest BCUT2D eigenvalue weighted by atomic mass is 10.1. The van der Waals surface area contributed by atoms with Crippen molar-refractivity contribution in [3.8, 4) is 5.75 Å². The summed E-state index contributed by atoms with van der Waals surface area (Å²) in [6.45, 7) is 3.18. The summed E-state index contributed by atoms with van der Waals surface area (Å²) >= 11 is 0. The summed E-state index contributed by atoms with van der Waals surface area (Å²) in [5, 5.41) is 10.3. The zero-order chi connectivity index (χ0) is 20.2. The van der Waals surface area contributed by atoms with E-state index in [0.29, 0.717) is 23.1 Å². The van der Waals surface area contributed by atoms with Gasteiger partial charge < -0.3 is 9.47 Å². The molecule has 1 N–H and O–H groups in total. The van der Waals surface area contributed by atoms with E-state index in [2.05, 4.69) is 4.74 Å². The van der Waals surface area contributed by atoms with Gasteiger partial charge in [0.2, 0.25) is 0 Å². The lowest BCUT2D eigenvalue weighted by Crippen LogP contribution is -2.28. The second kappa shape index (κ2) is 8.30. The molecular weight excluding hydrogens is 363 g/mol. The molecule has 0 heterocycles. The van der Waals surface area contributed by atoms with Crippen LogP contribution in [0.2, 0.25) is 0 Å². The van der Waals surface area contributed by atoms with Crippen molar-refractivity contribution in [3.05, 3.63) is 58.7 Å². The molecule has 2 aromatic rings. The molecule has 0 aliphatic carbocycles. The normalized spacial score (nSPS) is 11.2. The molecule has 0 unspecified atom stereocenters. The Balaban J connectivity index is 2.36. The van der Waals surface area contributed by atoms with Crippen molar-refractivity contribution in [3.63, 3.8) is 0 Å². The van der Waals surface area contributed by atoms with E-state index in [0.717, 1.165) is 13.2 Å². The van der Waals surface area contributed by atoms with Gasteiger partial charge in [0, 0.05) is 5.56 Å². The lowest BCUT2D eigenvalue weighted by molar-refractivity contribution is -0.139. The molecule has 0 radical (unpaired) electrons. The van der Waals surface area contributed by atoms with Gasteiger partial charge in [-0.05, 0) is 42.7 Å². The summed E-state index contributed by atoms with van der Waals surface area (Å²) in [6.07, 6.45) is -5.13. The molecule has 8 heteroatoms. The van der Waals surface area contributed by atoms with Crippen molar-refractivity contribution >= 4 is 11.8 Å². The number of carbonyl (C=O) groups is 1. The number of ether oxygens (including phenoxy) is 2. The standard InChI is InChI=1S/C19H20F3NO4/c1-4-13-8-9-17(15(10-13)19(20,21)22)27-11-14-12(2)6-5-7-16(14)23(25)18(24)26-3/h5-10,25H,4,11H2,1-3H3. The third kappa shape index (κ3) is 4.71. The topological polar surface area (TPSA) is 59.0 Å². The highest BCUT2D eigenvalue weighted by molar-refractivity contribution is 5.86. The van der Waals surface area contributed by atoms with Crippen molar-refractivity contribution in [2.75, 3.05) is 12.2 Å². The van der Waals surface area contributed by atoms with Crippen LogP contribution in [-0.4, -0.2) is 18.4 Å². The fourth-order valence-electron chi connectivity index (χ4n) is 2.55. The van der Waals surface area contributed by atoms with Crippen LogP contribution in [-0.2, 0) is 23.9 Å². The summed E-state index contributed by atoms with van der Waals surface area (Å²) in [5.41, 5.74) is 0.733. The van der Waals surface area contributed by atoms with Crippen molar-refractivity contribution in [2.45, 2.75) is 33.1 Å². The number of carbonyl (C=O) groups excluding carboxylic acids is 1. The van der Waals surface area contributed by atoms with Gasteiger partial charge in [0.25, 0.3) is 0 Å². The van der Waals surface area contributed by atoms with Crippen molar-refractivity contribution in [2.24, 2.45) is 0 Å². The summed E-state index contributed by atoms with van der Waals surface area (Å²) < 4.78 is 49.9. The van der Waals surface area contributed by atoms with Gasteiger partial charge in [0.15, 0.2) is 0 Å². The second-order valence-corrected chi connectivity index (χ2v) is 5.82. The first-order valence-electron chi connectivity index (χ1n) is 8.17. The zero-order valence-electron chi connectivity index (χ0n) is 15.1. The first kappa shape index (κ1) is 20.6. The van der Waals surface area contributed by atoms with Crippen LogP contribution >= 0.6 is 0 Å². The van der Waals surface area contributed by atoms with Crippen LogP contribution in [0, 0.1) is 6.92 Å². The van der Waals surface area contributed by atoms with Gasteiger partial charge >= 0.3 is 12.3 Å². The van der Waals surface area contributed by atoms with Crippen LogP contribution < -0.4 is 9.80 Å². The smallest absolute Gasteiger partial charge is 0.438 e. The van der Waals surface area contributed by atoms with Crippen LogP contribution in [0.1, 0.15) is 29.2 Å². The molecule has 0 aliphatic heterocycles. The van der Waals surface area contributed by atoms with E-state index in [1.807, 2.05) is 0 Å². The van der Waals surface area contributed by atoms with Gasteiger partial charge in [-0.25, -0.2) is 4.79 Å². The second-order valence-electron chi connectivity index (χ2n) is 5.82. The number of hydrogen-bond acceptors (Lipinski definition) is 4. The molecule has 0 saturated carbocycles. The number of alkyl halides is 3. The quantitative estimate of drug-likeness (QED) is 0.575.